The van der Waals surface area contributed by atoms with Crippen LogP contribution in [0.25, 0.3) is 0 Å². The van der Waals surface area contributed by atoms with Crippen molar-refractivity contribution in [2.24, 2.45) is 23.3 Å². The first kappa shape index (κ1) is 6.70. The quantitative estimate of drug-likeness (QED) is 0.487. The maximum atomic E-state index is 5.83. The molecule has 0 aromatic rings. The molecule has 56 valence electrons. The molecule has 0 aromatic heterocycles. The van der Waals surface area contributed by atoms with Crippen molar-refractivity contribution in [2.45, 2.75) is 24.9 Å². The average molecular weight is 156 g/mol. The van der Waals surface area contributed by atoms with Gasteiger partial charge in [0, 0.05) is 22.9 Å². The maximum absolute atomic E-state index is 5.83. The van der Waals surface area contributed by atoms with E-state index in [9.17, 15) is 0 Å². The number of nitrogens with two attached hydrogens (primary N) is 2. The van der Waals surface area contributed by atoms with Gasteiger partial charge in [-0.05, 0) is 18.8 Å². The molecule has 0 radical (unpaired) electrons. The molecule has 3 heteroatoms. The highest BCUT2D eigenvalue weighted by Gasteiger charge is 2.47. The number of fused-ring (bicyclic) bond motifs is 2. The summed E-state index contributed by atoms with van der Waals surface area (Å²) >= 11 is 5.22. The van der Waals surface area contributed by atoms with Crippen LogP contribution in [-0.2, 0) is 0 Å². The van der Waals surface area contributed by atoms with Gasteiger partial charge in [0.2, 0.25) is 0 Å². The second-order valence-corrected chi connectivity index (χ2v) is 3.90. The Morgan fingerprint density at radius 2 is 1.70 bits per heavy atom. The van der Waals surface area contributed by atoms with Crippen LogP contribution < -0.4 is 11.5 Å². The third-order valence-corrected chi connectivity index (χ3v) is 3.37. The smallest absolute Gasteiger partial charge is 0.0209 e. The summed E-state index contributed by atoms with van der Waals surface area (Å²) in [6.07, 6.45) is 2.16. The Kier molecular flexibility index (Phi) is 1.34. The fourth-order valence-electron chi connectivity index (χ4n) is 2.29. The van der Waals surface area contributed by atoms with E-state index in [4.69, 9.17) is 23.7 Å². The molecule has 2 fully saturated rings. The van der Waals surface area contributed by atoms with Crippen LogP contribution in [-0.4, -0.2) is 16.9 Å². The molecular weight excluding hydrogens is 144 g/mol. The fraction of sp³-hybridized carbons (Fsp3) is 0.857. The molecule has 10 heavy (non-hydrogen) atoms. The van der Waals surface area contributed by atoms with Gasteiger partial charge in [0.05, 0.1) is 0 Å². The van der Waals surface area contributed by atoms with Crippen molar-refractivity contribution in [3.8, 4) is 0 Å². The van der Waals surface area contributed by atoms with E-state index in [0.29, 0.717) is 11.8 Å². The lowest BCUT2D eigenvalue weighted by Crippen LogP contribution is -2.40. The second-order valence-electron chi connectivity index (χ2n) is 3.42. The minimum Gasteiger partial charge on any atom is -0.327 e. The summed E-state index contributed by atoms with van der Waals surface area (Å²) in [5, 5.41) is 0. The van der Waals surface area contributed by atoms with E-state index in [2.05, 4.69) is 0 Å². The average Bonchev–Trinajstić information content (AvgIpc) is 2.20. The first-order valence-corrected chi connectivity index (χ1v) is 4.16. The molecular formula is C7H12N2S. The van der Waals surface area contributed by atoms with E-state index in [-0.39, 0.29) is 12.1 Å². The fourth-order valence-corrected chi connectivity index (χ4v) is 2.83. The predicted octanol–water partition coefficient (Wildman–Crippen LogP) is 0.0507. The first-order chi connectivity index (χ1) is 4.70. The molecule has 4 N–H and O–H groups in total. The summed E-state index contributed by atoms with van der Waals surface area (Å²) in [5.74, 6) is 0.935. The van der Waals surface area contributed by atoms with Crippen LogP contribution in [0.5, 0.6) is 0 Å². The second kappa shape index (κ2) is 2.00. The number of hydrogen-bond donors (Lipinski definition) is 2. The van der Waals surface area contributed by atoms with E-state index in [1.165, 1.54) is 0 Å². The van der Waals surface area contributed by atoms with Crippen molar-refractivity contribution in [2.75, 3.05) is 0 Å². The van der Waals surface area contributed by atoms with Crippen LogP contribution in [0.3, 0.4) is 0 Å². The van der Waals surface area contributed by atoms with Crippen LogP contribution in [0.15, 0.2) is 0 Å². The highest BCUT2D eigenvalue weighted by Crippen LogP contribution is 2.40. The Morgan fingerprint density at radius 3 is 1.90 bits per heavy atom. The van der Waals surface area contributed by atoms with Gasteiger partial charge in [-0.15, -0.1) is 0 Å². The van der Waals surface area contributed by atoms with Crippen molar-refractivity contribution in [1.82, 2.24) is 0 Å². The Morgan fingerprint density at radius 1 is 1.20 bits per heavy atom. The van der Waals surface area contributed by atoms with Crippen LogP contribution in [0.4, 0.5) is 0 Å². The molecule has 0 heterocycles. The molecule has 2 atom stereocenters. The van der Waals surface area contributed by atoms with Crippen LogP contribution in [0.2, 0.25) is 0 Å². The summed E-state index contributed by atoms with van der Waals surface area (Å²) in [6.45, 7) is 0. The van der Waals surface area contributed by atoms with Gasteiger partial charge in [-0.3, -0.25) is 0 Å². The van der Waals surface area contributed by atoms with Crippen molar-refractivity contribution in [3.63, 3.8) is 0 Å². The molecule has 2 bridgehead atoms. The third-order valence-electron chi connectivity index (χ3n) is 2.77. The molecule has 0 saturated heterocycles. The Balaban J connectivity index is 2.27. The van der Waals surface area contributed by atoms with E-state index in [1.807, 2.05) is 0 Å². The topological polar surface area (TPSA) is 52.0 Å². The van der Waals surface area contributed by atoms with Gasteiger partial charge in [0.25, 0.3) is 0 Å². The van der Waals surface area contributed by atoms with Gasteiger partial charge in [-0.25, -0.2) is 0 Å². The monoisotopic (exact) mass is 156 g/mol. The minimum atomic E-state index is 0.265. The number of hydrogen-bond acceptors (Lipinski definition) is 3. The largest absolute Gasteiger partial charge is 0.327 e. The summed E-state index contributed by atoms with van der Waals surface area (Å²) in [5.41, 5.74) is 11.7. The van der Waals surface area contributed by atoms with Crippen molar-refractivity contribution >= 4 is 17.1 Å². The van der Waals surface area contributed by atoms with Gasteiger partial charge in [0.15, 0.2) is 0 Å². The predicted molar refractivity (Wildman–Crippen MR) is 44.8 cm³/mol. The van der Waals surface area contributed by atoms with Gasteiger partial charge in [-0.1, -0.05) is 12.2 Å². The van der Waals surface area contributed by atoms with Crippen molar-refractivity contribution in [1.29, 1.82) is 0 Å². The summed E-state index contributed by atoms with van der Waals surface area (Å²) in [7, 11) is 0. The molecule has 0 aliphatic heterocycles. The minimum absolute atomic E-state index is 0.265. The molecule has 2 saturated carbocycles. The standard InChI is InChI=1S/C7H12N2S/c8-4-1-3-2-5(9)6(4)7(3)10/h3-6H,1-2,8-9H2. The van der Waals surface area contributed by atoms with Crippen LogP contribution in [0, 0.1) is 11.8 Å². The molecule has 2 aliphatic carbocycles. The van der Waals surface area contributed by atoms with Crippen LogP contribution >= 0.6 is 12.2 Å². The Hall–Kier alpha value is 0.01000. The molecule has 0 amide bonds. The summed E-state index contributed by atoms with van der Waals surface area (Å²) < 4.78 is 0. The van der Waals surface area contributed by atoms with E-state index < -0.39 is 0 Å². The zero-order valence-electron chi connectivity index (χ0n) is 5.79. The maximum Gasteiger partial charge on any atom is 0.0209 e. The molecule has 2 unspecified atom stereocenters. The van der Waals surface area contributed by atoms with Gasteiger partial charge >= 0.3 is 0 Å². The van der Waals surface area contributed by atoms with Crippen molar-refractivity contribution in [3.05, 3.63) is 0 Å². The lowest BCUT2D eigenvalue weighted by atomic mass is 9.92. The highest BCUT2D eigenvalue weighted by atomic mass is 32.1. The lowest BCUT2D eigenvalue weighted by Gasteiger charge is -2.21. The molecule has 2 nitrogen and oxygen atoms in total. The Bertz CT molecular complexity index is 168. The normalized spacial score (nSPS) is 52.4. The molecule has 0 spiro atoms. The first-order valence-electron chi connectivity index (χ1n) is 3.75. The summed E-state index contributed by atoms with van der Waals surface area (Å²) in [4.78, 5) is 1.15. The van der Waals surface area contributed by atoms with Crippen LogP contribution in [0.1, 0.15) is 12.8 Å². The zero-order chi connectivity index (χ0) is 7.30. The number of thiocarbonyl (C=S) groups is 1. The zero-order valence-corrected chi connectivity index (χ0v) is 6.60. The molecule has 2 rings (SSSR count). The molecule has 2 aliphatic rings. The lowest BCUT2D eigenvalue weighted by molar-refractivity contribution is 0.372. The highest BCUT2D eigenvalue weighted by molar-refractivity contribution is 7.80. The SMILES string of the molecule is NC1CC2CC(N)C1C2=S. The number of rotatable bonds is 0. The Labute approximate surface area is 66.0 Å². The van der Waals surface area contributed by atoms with E-state index in [0.717, 1.165) is 17.7 Å². The summed E-state index contributed by atoms with van der Waals surface area (Å²) in [6, 6.07) is 0.530. The van der Waals surface area contributed by atoms with Gasteiger partial charge in [0.1, 0.15) is 0 Å². The van der Waals surface area contributed by atoms with Gasteiger partial charge < -0.3 is 11.5 Å². The van der Waals surface area contributed by atoms with Crippen molar-refractivity contribution < 1.29 is 0 Å². The van der Waals surface area contributed by atoms with E-state index in [1.54, 1.807) is 0 Å². The third kappa shape index (κ3) is 0.683. The van der Waals surface area contributed by atoms with E-state index >= 15 is 0 Å². The van der Waals surface area contributed by atoms with Gasteiger partial charge in [-0.2, -0.15) is 0 Å². The molecule has 0 aromatic carbocycles.